The Hall–Kier alpha value is -2.43. The van der Waals surface area contributed by atoms with E-state index in [1.54, 1.807) is 0 Å². The molecule has 1 unspecified atom stereocenters. The number of aromatic nitrogens is 2. The van der Waals surface area contributed by atoms with Crippen LogP contribution in [-0.4, -0.2) is 22.2 Å². The van der Waals surface area contributed by atoms with Gasteiger partial charge in [0.25, 0.3) is 0 Å². The zero-order valence-corrected chi connectivity index (χ0v) is 16.5. The van der Waals surface area contributed by atoms with Gasteiger partial charge >= 0.3 is 0 Å². The van der Waals surface area contributed by atoms with Crippen LogP contribution in [0.4, 0.5) is 0 Å². The van der Waals surface area contributed by atoms with E-state index >= 15 is 0 Å². The molecule has 0 amide bonds. The summed E-state index contributed by atoms with van der Waals surface area (Å²) in [7, 11) is 0. The van der Waals surface area contributed by atoms with E-state index < -0.39 is 0 Å². The molecule has 2 aliphatic rings. The molecule has 0 spiro atoms. The van der Waals surface area contributed by atoms with Gasteiger partial charge in [-0.3, -0.25) is 9.97 Å². The molecule has 0 radical (unpaired) electrons. The fourth-order valence-electron chi connectivity index (χ4n) is 4.15. The summed E-state index contributed by atoms with van der Waals surface area (Å²) in [5, 5.41) is 12.4. The van der Waals surface area contributed by atoms with Crippen molar-refractivity contribution in [3.63, 3.8) is 0 Å². The van der Waals surface area contributed by atoms with Gasteiger partial charge < -0.3 is 0 Å². The summed E-state index contributed by atoms with van der Waals surface area (Å²) in [6.45, 7) is 7.08. The van der Waals surface area contributed by atoms with Crippen molar-refractivity contribution >= 4 is 5.71 Å². The van der Waals surface area contributed by atoms with Gasteiger partial charge in [0.2, 0.25) is 0 Å². The minimum atomic E-state index is 0.374. The smallest absolute Gasteiger partial charge is 0.107 e. The Balaban J connectivity index is 2.05. The van der Waals surface area contributed by atoms with E-state index in [9.17, 15) is 0 Å². The van der Waals surface area contributed by atoms with Gasteiger partial charge in [-0.2, -0.15) is 5.11 Å². The molecule has 1 aliphatic heterocycles. The van der Waals surface area contributed by atoms with Gasteiger partial charge in [0.1, 0.15) is 6.54 Å². The summed E-state index contributed by atoms with van der Waals surface area (Å²) in [5.41, 5.74) is 9.51. The second kappa shape index (κ2) is 7.67. The van der Waals surface area contributed by atoms with Crippen LogP contribution in [0.2, 0.25) is 0 Å². The molecule has 0 N–H and O–H groups in total. The molecule has 0 saturated carbocycles. The lowest BCUT2D eigenvalue weighted by Gasteiger charge is -2.23. The van der Waals surface area contributed by atoms with Crippen molar-refractivity contribution in [3.8, 4) is 11.1 Å². The summed E-state index contributed by atoms with van der Waals surface area (Å²) in [5.74, 6) is 0.374. The maximum absolute atomic E-state index is 5.22. The van der Waals surface area contributed by atoms with Crippen LogP contribution in [0.25, 0.3) is 11.1 Å². The van der Waals surface area contributed by atoms with Crippen molar-refractivity contribution < 1.29 is 0 Å². The Morgan fingerprint density at radius 1 is 1.11 bits per heavy atom. The average Bonchev–Trinajstić information content (AvgIpc) is 3.11. The molecule has 2 aromatic rings. The van der Waals surface area contributed by atoms with Gasteiger partial charge in [-0.15, -0.1) is 5.10 Å². The van der Waals surface area contributed by atoms with Crippen LogP contribution >= 0.6 is 0 Å². The van der Waals surface area contributed by atoms with Crippen molar-refractivity contribution in [3.05, 3.63) is 46.5 Å². The first kappa shape index (κ1) is 18.0. The maximum atomic E-state index is 5.22. The van der Waals surface area contributed by atoms with Crippen molar-refractivity contribution in [2.45, 2.75) is 65.2 Å². The van der Waals surface area contributed by atoms with Crippen molar-refractivity contribution in [2.75, 3.05) is 6.54 Å². The number of hydrogen-bond acceptors (Lipinski definition) is 5. The van der Waals surface area contributed by atoms with Crippen LogP contribution in [0.5, 0.6) is 0 Å². The van der Waals surface area contributed by atoms with Gasteiger partial charge in [0, 0.05) is 23.1 Å². The Labute approximate surface area is 161 Å². The highest BCUT2D eigenvalue weighted by Crippen LogP contribution is 2.38. The van der Waals surface area contributed by atoms with Crippen LogP contribution in [0, 0.1) is 6.92 Å². The lowest BCUT2D eigenvalue weighted by Crippen LogP contribution is -2.16. The summed E-state index contributed by atoms with van der Waals surface area (Å²) in [6, 6.07) is 4.31. The standard InChI is InChI=1S/C22H27N5/c1-4-14(2)22-21(19-13-24-27-26-19)20(16-10-11-23-15(3)12-16)17-8-6-5-7-9-18(17)25-22/h10-12,14H,4-9,13H2,1-3H3. The zero-order chi connectivity index (χ0) is 18.8. The first-order chi connectivity index (χ1) is 13.2. The Bertz CT molecular complexity index is 913. The predicted octanol–water partition coefficient (Wildman–Crippen LogP) is 5.40. The molecule has 5 nitrogen and oxygen atoms in total. The second-order valence-electron chi connectivity index (χ2n) is 7.66. The monoisotopic (exact) mass is 361 g/mol. The molecule has 0 bridgehead atoms. The van der Waals surface area contributed by atoms with Crippen LogP contribution in [0.1, 0.15) is 73.7 Å². The zero-order valence-electron chi connectivity index (χ0n) is 16.5. The summed E-state index contributed by atoms with van der Waals surface area (Å²) in [6.07, 6.45) is 8.81. The van der Waals surface area contributed by atoms with E-state index in [4.69, 9.17) is 4.98 Å². The molecule has 27 heavy (non-hydrogen) atoms. The highest BCUT2D eigenvalue weighted by atomic mass is 15.4. The molecule has 4 rings (SSSR count). The van der Waals surface area contributed by atoms with Gasteiger partial charge in [0.05, 0.1) is 11.4 Å². The fourth-order valence-corrected chi connectivity index (χ4v) is 4.15. The SMILES string of the molecule is CCC(C)c1nc2c(c(-c3ccnc(C)c3)c1C1=NN=NC1)CCCCC2. The summed E-state index contributed by atoms with van der Waals surface area (Å²) < 4.78 is 0. The normalized spacial score (nSPS) is 17.4. The summed E-state index contributed by atoms with van der Waals surface area (Å²) >= 11 is 0. The maximum Gasteiger partial charge on any atom is 0.107 e. The Morgan fingerprint density at radius 2 is 1.96 bits per heavy atom. The molecule has 5 heteroatoms. The fraction of sp³-hybridized carbons (Fsp3) is 0.500. The Kier molecular flexibility index (Phi) is 5.10. The lowest BCUT2D eigenvalue weighted by atomic mass is 9.85. The topological polar surface area (TPSA) is 62.9 Å². The molecule has 0 fully saturated rings. The number of nitrogens with zero attached hydrogens (tertiary/aromatic N) is 5. The minimum Gasteiger partial charge on any atom is -0.262 e. The van der Waals surface area contributed by atoms with E-state index in [0.29, 0.717) is 12.5 Å². The number of hydrogen-bond donors (Lipinski definition) is 0. The van der Waals surface area contributed by atoms with Gasteiger partial charge in [-0.25, -0.2) is 0 Å². The van der Waals surface area contributed by atoms with Crippen molar-refractivity contribution in [1.29, 1.82) is 0 Å². The van der Waals surface area contributed by atoms with Crippen LogP contribution in [0.3, 0.4) is 0 Å². The lowest BCUT2D eigenvalue weighted by molar-refractivity contribution is 0.689. The van der Waals surface area contributed by atoms with E-state index in [1.165, 1.54) is 47.2 Å². The largest absolute Gasteiger partial charge is 0.262 e. The predicted molar refractivity (Wildman–Crippen MR) is 108 cm³/mol. The molecule has 0 saturated heterocycles. The van der Waals surface area contributed by atoms with Crippen LogP contribution in [-0.2, 0) is 12.8 Å². The van der Waals surface area contributed by atoms with Crippen molar-refractivity contribution in [2.24, 2.45) is 15.4 Å². The molecule has 0 aromatic carbocycles. The van der Waals surface area contributed by atoms with E-state index in [-0.39, 0.29) is 0 Å². The van der Waals surface area contributed by atoms with Gasteiger partial charge in [0.15, 0.2) is 0 Å². The number of fused-ring (bicyclic) bond motifs is 1. The average molecular weight is 361 g/mol. The van der Waals surface area contributed by atoms with Crippen molar-refractivity contribution in [1.82, 2.24) is 9.97 Å². The third-order valence-corrected chi connectivity index (χ3v) is 5.75. The molecule has 3 heterocycles. The first-order valence-corrected chi connectivity index (χ1v) is 10.1. The van der Waals surface area contributed by atoms with E-state index in [1.807, 2.05) is 6.20 Å². The molecule has 2 aromatic heterocycles. The third kappa shape index (κ3) is 3.43. The number of rotatable bonds is 4. The molecule has 140 valence electrons. The molecule has 1 atom stereocenters. The third-order valence-electron chi connectivity index (χ3n) is 5.75. The van der Waals surface area contributed by atoms with E-state index in [0.717, 1.165) is 36.4 Å². The minimum absolute atomic E-state index is 0.374. The van der Waals surface area contributed by atoms with E-state index in [2.05, 4.69) is 53.3 Å². The quantitative estimate of drug-likeness (QED) is 0.684. The number of aryl methyl sites for hydroxylation is 2. The summed E-state index contributed by atoms with van der Waals surface area (Å²) in [4.78, 5) is 9.63. The molecular weight excluding hydrogens is 334 g/mol. The molecule has 1 aliphatic carbocycles. The number of pyridine rings is 2. The highest BCUT2D eigenvalue weighted by Gasteiger charge is 2.27. The van der Waals surface area contributed by atoms with Crippen LogP contribution in [0.15, 0.2) is 33.8 Å². The van der Waals surface area contributed by atoms with Gasteiger partial charge in [-0.05, 0) is 79.0 Å². The Morgan fingerprint density at radius 3 is 2.70 bits per heavy atom. The van der Waals surface area contributed by atoms with Gasteiger partial charge in [-0.1, -0.05) is 20.3 Å². The first-order valence-electron chi connectivity index (χ1n) is 10.1. The molecular formula is C22H27N5. The van der Waals surface area contributed by atoms with Crippen LogP contribution < -0.4 is 0 Å². The second-order valence-corrected chi connectivity index (χ2v) is 7.66. The highest BCUT2D eigenvalue weighted by molar-refractivity contribution is 6.09.